The molecule has 0 saturated carbocycles. The maximum atomic E-state index is 9.82. The number of anilines is 2. The van der Waals surface area contributed by atoms with Gasteiger partial charge in [0, 0.05) is 72.5 Å². The molecule has 35 heavy (non-hydrogen) atoms. The third-order valence-electron chi connectivity index (χ3n) is 6.55. The molecular formula is C25H30ClN7O2. The van der Waals surface area contributed by atoms with Crippen LogP contribution >= 0.6 is 11.6 Å². The number of hydrogen-bond donors (Lipinski definition) is 3. The number of nitrogens with zero attached hydrogens (tertiary/aromatic N) is 6. The number of aliphatic hydroxyl groups is 2. The van der Waals surface area contributed by atoms with Gasteiger partial charge in [-0.1, -0.05) is 18.5 Å². The van der Waals surface area contributed by atoms with Crippen LogP contribution in [-0.2, 0) is 13.1 Å². The van der Waals surface area contributed by atoms with E-state index in [0.717, 1.165) is 51.5 Å². The second kappa shape index (κ2) is 9.58. The molecule has 9 nitrogen and oxygen atoms in total. The highest BCUT2D eigenvalue weighted by Crippen LogP contribution is 2.33. The first-order chi connectivity index (χ1) is 16.8. The molecule has 0 radical (unpaired) electrons. The summed E-state index contributed by atoms with van der Waals surface area (Å²) in [7, 11) is 0. The number of aliphatic hydroxyl groups excluding tert-OH is 2. The summed E-state index contributed by atoms with van der Waals surface area (Å²) in [6.45, 7) is 8.58. The predicted octanol–water partition coefficient (Wildman–Crippen LogP) is 3.58. The molecule has 4 aromatic rings. The van der Waals surface area contributed by atoms with Gasteiger partial charge in [-0.3, -0.25) is 4.90 Å². The first-order valence-corrected chi connectivity index (χ1v) is 12.2. The second-order valence-corrected chi connectivity index (χ2v) is 9.54. The van der Waals surface area contributed by atoms with Crippen molar-refractivity contribution in [2.75, 3.05) is 18.4 Å². The first kappa shape index (κ1) is 23.7. The third kappa shape index (κ3) is 4.64. The van der Waals surface area contributed by atoms with Crippen LogP contribution in [0.3, 0.4) is 0 Å². The SMILES string of the molecule is CCCn1c(C)c(Cl)c2cc(Nc3nccc(-n4cc(CN5CC(O)C(O)C5)c(C)n4)n3)ccc21. The third-order valence-corrected chi connectivity index (χ3v) is 7.03. The van der Waals surface area contributed by atoms with E-state index in [4.69, 9.17) is 11.6 Å². The minimum atomic E-state index is -0.705. The molecule has 1 aromatic carbocycles. The summed E-state index contributed by atoms with van der Waals surface area (Å²) in [5.41, 5.74) is 4.94. The Bertz CT molecular complexity index is 1360. The number of aryl methyl sites for hydroxylation is 2. The Labute approximate surface area is 209 Å². The molecule has 1 aliphatic heterocycles. The lowest BCUT2D eigenvalue weighted by molar-refractivity contribution is 0.0572. The van der Waals surface area contributed by atoms with Gasteiger partial charge in [-0.05, 0) is 38.5 Å². The summed E-state index contributed by atoms with van der Waals surface area (Å²) < 4.78 is 3.98. The van der Waals surface area contributed by atoms with Crippen LogP contribution in [0.25, 0.3) is 16.7 Å². The lowest BCUT2D eigenvalue weighted by atomic mass is 10.2. The fraction of sp³-hybridized carbons (Fsp3) is 0.400. The van der Waals surface area contributed by atoms with E-state index in [1.807, 2.05) is 37.1 Å². The van der Waals surface area contributed by atoms with Crippen LogP contribution in [-0.4, -0.2) is 64.7 Å². The average Bonchev–Trinajstić information content (AvgIpc) is 3.44. The Balaban J connectivity index is 1.36. The van der Waals surface area contributed by atoms with Crippen molar-refractivity contribution < 1.29 is 10.2 Å². The van der Waals surface area contributed by atoms with Gasteiger partial charge in [0.2, 0.25) is 5.95 Å². The Morgan fingerprint density at radius 2 is 1.91 bits per heavy atom. The maximum Gasteiger partial charge on any atom is 0.229 e. The number of likely N-dealkylation sites (tertiary alicyclic amines) is 1. The summed E-state index contributed by atoms with van der Waals surface area (Å²) in [6.07, 6.45) is 3.26. The van der Waals surface area contributed by atoms with Crippen molar-refractivity contribution in [3.63, 3.8) is 0 Å². The summed E-state index contributed by atoms with van der Waals surface area (Å²) in [6, 6.07) is 7.92. The molecule has 3 N–H and O–H groups in total. The zero-order valence-corrected chi connectivity index (χ0v) is 20.9. The molecule has 5 rings (SSSR count). The number of rotatable bonds is 7. The largest absolute Gasteiger partial charge is 0.389 e. The molecule has 2 unspecified atom stereocenters. The fourth-order valence-corrected chi connectivity index (χ4v) is 4.94. The molecule has 0 spiro atoms. The van der Waals surface area contributed by atoms with Gasteiger partial charge in [0.25, 0.3) is 0 Å². The highest BCUT2D eigenvalue weighted by molar-refractivity contribution is 6.36. The molecule has 184 valence electrons. The molecule has 10 heteroatoms. The zero-order valence-electron chi connectivity index (χ0n) is 20.1. The van der Waals surface area contributed by atoms with Crippen molar-refractivity contribution in [2.24, 2.45) is 0 Å². The van der Waals surface area contributed by atoms with Gasteiger partial charge in [-0.15, -0.1) is 0 Å². The molecule has 1 fully saturated rings. The van der Waals surface area contributed by atoms with E-state index in [0.29, 0.717) is 31.4 Å². The van der Waals surface area contributed by atoms with Crippen molar-refractivity contribution in [1.82, 2.24) is 29.2 Å². The second-order valence-electron chi connectivity index (χ2n) is 9.16. The molecule has 1 saturated heterocycles. The first-order valence-electron chi connectivity index (χ1n) is 11.9. The smallest absolute Gasteiger partial charge is 0.229 e. The summed E-state index contributed by atoms with van der Waals surface area (Å²) in [5, 5.41) is 29.3. The van der Waals surface area contributed by atoms with Crippen LogP contribution in [0.15, 0.2) is 36.7 Å². The van der Waals surface area contributed by atoms with Gasteiger partial charge in [0.15, 0.2) is 5.82 Å². The van der Waals surface area contributed by atoms with Crippen LogP contribution in [0, 0.1) is 13.8 Å². The molecule has 0 amide bonds. The summed E-state index contributed by atoms with van der Waals surface area (Å²) >= 11 is 6.63. The lowest BCUT2D eigenvalue weighted by Crippen LogP contribution is -2.22. The predicted molar refractivity (Wildman–Crippen MR) is 136 cm³/mol. The molecule has 3 aromatic heterocycles. The Hall–Kier alpha value is -2.98. The normalized spacial score (nSPS) is 18.6. The molecule has 4 heterocycles. The van der Waals surface area contributed by atoms with E-state index in [1.165, 1.54) is 0 Å². The highest BCUT2D eigenvalue weighted by Gasteiger charge is 2.30. The average molecular weight is 496 g/mol. The Kier molecular flexibility index (Phi) is 6.50. The van der Waals surface area contributed by atoms with Gasteiger partial charge in [0.05, 0.1) is 22.9 Å². The monoisotopic (exact) mass is 495 g/mol. The lowest BCUT2D eigenvalue weighted by Gasteiger charge is -2.13. The summed E-state index contributed by atoms with van der Waals surface area (Å²) in [4.78, 5) is 11.0. The number of β-amino-alcohol motifs (C(OH)–C–C–N with tert-alkyl or cyclic N) is 2. The number of fused-ring (bicyclic) bond motifs is 1. The van der Waals surface area contributed by atoms with Crippen LogP contribution in [0.2, 0.25) is 5.02 Å². The number of hydrogen-bond acceptors (Lipinski definition) is 7. The Morgan fingerprint density at radius 3 is 2.66 bits per heavy atom. The quantitative estimate of drug-likeness (QED) is 0.360. The Morgan fingerprint density at radius 1 is 1.14 bits per heavy atom. The fourth-order valence-electron chi connectivity index (χ4n) is 4.68. The molecule has 2 atom stereocenters. The number of nitrogens with one attached hydrogen (secondary N) is 1. The van der Waals surface area contributed by atoms with Crippen molar-refractivity contribution >= 4 is 34.1 Å². The minimum Gasteiger partial charge on any atom is -0.389 e. The van der Waals surface area contributed by atoms with Crippen molar-refractivity contribution in [3.8, 4) is 5.82 Å². The van der Waals surface area contributed by atoms with Crippen molar-refractivity contribution in [3.05, 3.63) is 58.6 Å². The number of aromatic nitrogens is 5. The van der Waals surface area contributed by atoms with E-state index in [2.05, 4.69) is 37.9 Å². The van der Waals surface area contributed by atoms with Crippen LogP contribution in [0.1, 0.15) is 30.3 Å². The van der Waals surface area contributed by atoms with Crippen molar-refractivity contribution in [1.29, 1.82) is 0 Å². The number of benzene rings is 1. The van der Waals surface area contributed by atoms with E-state index in [-0.39, 0.29) is 0 Å². The summed E-state index contributed by atoms with van der Waals surface area (Å²) in [5.74, 6) is 1.10. The van der Waals surface area contributed by atoms with Crippen molar-refractivity contribution in [2.45, 2.75) is 52.5 Å². The van der Waals surface area contributed by atoms with E-state index in [9.17, 15) is 10.2 Å². The molecule has 0 bridgehead atoms. The van der Waals surface area contributed by atoms with Crippen LogP contribution in [0.5, 0.6) is 0 Å². The van der Waals surface area contributed by atoms with Gasteiger partial charge in [-0.2, -0.15) is 10.1 Å². The maximum absolute atomic E-state index is 9.82. The molecular weight excluding hydrogens is 466 g/mol. The van der Waals surface area contributed by atoms with E-state index >= 15 is 0 Å². The minimum absolute atomic E-state index is 0.447. The van der Waals surface area contributed by atoms with Gasteiger partial charge in [-0.25, -0.2) is 9.67 Å². The van der Waals surface area contributed by atoms with Gasteiger partial charge in [0.1, 0.15) is 0 Å². The van der Waals surface area contributed by atoms with Crippen LogP contribution < -0.4 is 5.32 Å². The molecule has 1 aliphatic rings. The topological polar surface area (TPSA) is 104 Å². The van der Waals surface area contributed by atoms with E-state index in [1.54, 1.807) is 16.9 Å². The number of halogens is 1. The highest BCUT2D eigenvalue weighted by atomic mass is 35.5. The van der Waals surface area contributed by atoms with Crippen LogP contribution in [0.4, 0.5) is 11.6 Å². The van der Waals surface area contributed by atoms with E-state index < -0.39 is 12.2 Å². The standard InChI is InChI=1S/C25H30ClN7O2/c1-4-9-32-16(3)24(26)19-10-18(5-6-20(19)32)28-25-27-8-7-23(29-25)33-12-17(15(2)30-33)11-31-13-21(34)22(35)14-31/h5-8,10,12,21-22,34-35H,4,9,11,13-14H2,1-3H3,(H,27,28,29). The molecule has 0 aliphatic carbocycles. The van der Waals surface area contributed by atoms with Gasteiger partial charge >= 0.3 is 0 Å². The zero-order chi connectivity index (χ0) is 24.7. The van der Waals surface area contributed by atoms with Gasteiger partial charge < -0.3 is 20.1 Å².